The molecule has 0 aliphatic carbocycles. The van der Waals surface area contributed by atoms with Gasteiger partial charge in [0.15, 0.2) is 0 Å². The summed E-state index contributed by atoms with van der Waals surface area (Å²) in [6.07, 6.45) is 4.23. The fraction of sp³-hybridized carbons (Fsp3) is 0.857. The molecule has 0 aliphatic heterocycles. The molecule has 0 radical (unpaired) electrons. The van der Waals surface area contributed by atoms with Crippen LogP contribution >= 0.6 is 0 Å². The quantitative estimate of drug-likeness (QED) is 0.565. The molecule has 0 fully saturated rings. The standard InChI is InChI=1S/C14H28N2O3/c1-4-5-11(8-9-15)6-7-12(17)16-13(10(2)3)14(18)19/h10-11,13H,4-9,15H2,1-3H3,(H,16,17)(H,18,19)/t11?,13-/m0/s1. The third-order valence-electron chi connectivity index (χ3n) is 3.30. The highest BCUT2D eigenvalue weighted by Gasteiger charge is 2.23. The lowest BCUT2D eigenvalue weighted by molar-refractivity contribution is -0.143. The topological polar surface area (TPSA) is 92.4 Å². The molecule has 1 amide bonds. The fourth-order valence-electron chi connectivity index (χ4n) is 2.17. The Labute approximate surface area is 115 Å². The van der Waals surface area contributed by atoms with Gasteiger partial charge in [-0.05, 0) is 31.2 Å². The Morgan fingerprint density at radius 2 is 1.84 bits per heavy atom. The van der Waals surface area contributed by atoms with Crippen molar-refractivity contribution in [3.63, 3.8) is 0 Å². The summed E-state index contributed by atoms with van der Waals surface area (Å²) < 4.78 is 0. The number of hydrogen-bond donors (Lipinski definition) is 3. The average Bonchev–Trinajstić information content (AvgIpc) is 2.32. The van der Waals surface area contributed by atoms with E-state index >= 15 is 0 Å². The second-order valence-electron chi connectivity index (χ2n) is 5.40. The van der Waals surface area contributed by atoms with E-state index in [0.717, 1.165) is 25.7 Å². The third-order valence-corrected chi connectivity index (χ3v) is 3.30. The number of carboxylic acid groups (broad SMARTS) is 1. The van der Waals surface area contributed by atoms with E-state index < -0.39 is 12.0 Å². The number of amides is 1. The number of aliphatic carboxylic acids is 1. The van der Waals surface area contributed by atoms with Crippen molar-refractivity contribution in [2.24, 2.45) is 17.6 Å². The molecule has 0 aromatic heterocycles. The molecule has 2 atom stereocenters. The van der Waals surface area contributed by atoms with Crippen LogP contribution in [0, 0.1) is 11.8 Å². The highest BCUT2D eigenvalue weighted by atomic mass is 16.4. The van der Waals surface area contributed by atoms with E-state index in [4.69, 9.17) is 10.8 Å². The Balaban J connectivity index is 4.18. The van der Waals surface area contributed by atoms with E-state index in [-0.39, 0.29) is 11.8 Å². The molecule has 0 bridgehead atoms. The van der Waals surface area contributed by atoms with Crippen LogP contribution in [0.5, 0.6) is 0 Å². The summed E-state index contributed by atoms with van der Waals surface area (Å²) in [6, 6.07) is -0.799. The third kappa shape index (κ3) is 7.82. The van der Waals surface area contributed by atoms with Gasteiger partial charge in [-0.25, -0.2) is 4.79 Å². The second-order valence-corrected chi connectivity index (χ2v) is 5.40. The smallest absolute Gasteiger partial charge is 0.326 e. The van der Waals surface area contributed by atoms with Crippen LogP contribution in [0.15, 0.2) is 0 Å². The molecule has 1 unspecified atom stereocenters. The van der Waals surface area contributed by atoms with Gasteiger partial charge in [-0.2, -0.15) is 0 Å². The Kier molecular flexibility index (Phi) is 9.21. The molecule has 5 nitrogen and oxygen atoms in total. The minimum absolute atomic E-state index is 0.114. The van der Waals surface area contributed by atoms with Crippen LogP contribution in [-0.2, 0) is 9.59 Å². The van der Waals surface area contributed by atoms with Gasteiger partial charge in [-0.3, -0.25) is 4.79 Å². The van der Waals surface area contributed by atoms with E-state index in [0.29, 0.717) is 18.9 Å². The summed E-state index contributed by atoms with van der Waals surface area (Å²) in [6.45, 7) is 6.32. The first-order valence-electron chi connectivity index (χ1n) is 7.14. The summed E-state index contributed by atoms with van der Waals surface area (Å²) in [4.78, 5) is 22.8. The Morgan fingerprint density at radius 3 is 2.26 bits per heavy atom. The van der Waals surface area contributed by atoms with Gasteiger partial charge >= 0.3 is 5.97 Å². The van der Waals surface area contributed by atoms with Gasteiger partial charge in [0.05, 0.1) is 0 Å². The molecule has 0 saturated carbocycles. The highest BCUT2D eigenvalue weighted by molar-refractivity contribution is 5.83. The maximum atomic E-state index is 11.8. The van der Waals surface area contributed by atoms with E-state index in [9.17, 15) is 9.59 Å². The zero-order valence-electron chi connectivity index (χ0n) is 12.3. The van der Waals surface area contributed by atoms with Crippen molar-refractivity contribution >= 4 is 11.9 Å². The van der Waals surface area contributed by atoms with Gasteiger partial charge in [0.25, 0.3) is 0 Å². The number of carboxylic acids is 1. The molecule has 0 heterocycles. The van der Waals surface area contributed by atoms with Crippen molar-refractivity contribution in [2.45, 2.75) is 58.9 Å². The van der Waals surface area contributed by atoms with Crippen molar-refractivity contribution in [1.82, 2.24) is 5.32 Å². The first-order valence-corrected chi connectivity index (χ1v) is 7.14. The van der Waals surface area contributed by atoms with Crippen molar-refractivity contribution in [3.05, 3.63) is 0 Å². The predicted octanol–water partition coefficient (Wildman–Crippen LogP) is 1.76. The molecular formula is C14H28N2O3. The molecule has 0 aromatic rings. The largest absolute Gasteiger partial charge is 0.480 e. The van der Waals surface area contributed by atoms with E-state index in [1.807, 2.05) is 0 Å². The first kappa shape index (κ1) is 17.9. The van der Waals surface area contributed by atoms with Gasteiger partial charge in [0.2, 0.25) is 5.91 Å². The highest BCUT2D eigenvalue weighted by Crippen LogP contribution is 2.17. The van der Waals surface area contributed by atoms with Crippen LogP contribution in [0.3, 0.4) is 0 Å². The minimum Gasteiger partial charge on any atom is -0.480 e. The molecule has 0 spiro atoms. The minimum atomic E-state index is -0.976. The maximum Gasteiger partial charge on any atom is 0.326 e. The zero-order chi connectivity index (χ0) is 14.8. The Morgan fingerprint density at radius 1 is 1.21 bits per heavy atom. The van der Waals surface area contributed by atoms with Gasteiger partial charge < -0.3 is 16.2 Å². The van der Waals surface area contributed by atoms with Crippen molar-refractivity contribution in [2.75, 3.05) is 6.54 Å². The molecule has 112 valence electrons. The molecule has 4 N–H and O–H groups in total. The Hall–Kier alpha value is -1.10. The summed E-state index contributed by atoms with van der Waals surface area (Å²) in [7, 11) is 0. The van der Waals surface area contributed by atoms with Crippen molar-refractivity contribution < 1.29 is 14.7 Å². The predicted molar refractivity (Wildman–Crippen MR) is 75.7 cm³/mol. The SMILES string of the molecule is CCCC(CCN)CCC(=O)N[C@H](C(=O)O)C(C)C. The monoisotopic (exact) mass is 272 g/mol. The maximum absolute atomic E-state index is 11.8. The second kappa shape index (κ2) is 9.78. The fourth-order valence-corrected chi connectivity index (χ4v) is 2.17. The molecule has 0 aliphatic rings. The molecule has 19 heavy (non-hydrogen) atoms. The van der Waals surface area contributed by atoms with Gasteiger partial charge in [-0.1, -0.05) is 33.6 Å². The number of carbonyl (C=O) groups is 2. The number of carbonyl (C=O) groups excluding carboxylic acids is 1. The summed E-state index contributed by atoms with van der Waals surface area (Å²) >= 11 is 0. The van der Waals surface area contributed by atoms with Crippen LogP contribution in [-0.4, -0.2) is 29.6 Å². The van der Waals surface area contributed by atoms with Crippen LogP contribution in [0.2, 0.25) is 0 Å². The number of hydrogen-bond acceptors (Lipinski definition) is 3. The van der Waals surface area contributed by atoms with E-state index in [1.165, 1.54) is 0 Å². The van der Waals surface area contributed by atoms with Crippen molar-refractivity contribution in [3.8, 4) is 0 Å². The van der Waals surface area contributed by atoms with Crippen LogP contribution in [0.25, 0.3) is 0 Å². The zero-order valence-corrected chi connectivity index (χ0v) is 12.3. The van der Waals surface area contributed by atoms with Gasteiger partial charge in [-0.15, -0.1) is 0 Å². The average molecular weight is 272 g/mol. The van der Waals surface area contributed by atoms with Crippen LogP contribution in [0.4, 0.5) is 0 Å². The van der Waals surface area contributed by atoms with E-state index in [2.05, 4.69) is 12.2 Å². The van der Waals surface area contributed by atoms with Gasteiger partial charge in [0.1, 0.15) is 6.04 Å². The lowest BCUT2D eigenvalue weighted by Gasteiger charge is -2.19. The lowest BCUT2D eigenvalue weighted by Crippen LogP contribution is -2.44. The number of nitrogens with two attached hydrogens (primary N) is 1. The normalized spacial score (nSPS) is 14.2. The summed E-state index contributed by atoms with van der Waals surface area (Å²) in [5.41, 5.74) is 5.55. The lowest BCUT2D eigenvalue weighted by atomic mass is 9.94. The molecule has 0 aromatic carbocycles. The molecule has 0 rings (SSSR count). The first-order chi connectivity index (χ1) is 8.92. The number of nitrogens with one attached hydrogen (secondary N) is 1. The van der Waals surface area contributed by atoms with Crippen LogP contribution in [0.1, 0.15) is 52.9 Å². The molecule has 5 heteroatoms. The Bertz CT molecular complexity index is 274. The van der Waals surface area contributed by atoms with Crippen LogP contribution < -0.4 is 11.1 Å². The van der Waals surface area contributed by atoms with Crippen molar-refractivity contribution in [1.29, 1.82) is 0 Å². The molecule has 0 saturated heterocycles. The van der Waals surface area contributed by atoms with E-state index in [1.54, 1.807) is 13.8 Å². The number of rotatable bonds is 10. The summed E-state index contributed by atoms with van der Waals surface area (Å²) in [5.74, 6) is -0.811. The van der Waals surface area contributed by atoms with Gasteiger partial charge in [0, 0.05) is 6.42 Å². The molecular weight excluding hydrogens is 244 g/mol. The summed E-state index contributed by atoms with van der Waals surface area (Å²) in [5, 5.41) is 11.6.